The van der Waals surface area contributed by atoms with E-state index in [-0.39, 0.29) is 22.4 Å². The fourth-order valence-corrected chi connectivity index (χ4v) is 2.93. The second-order valence-electron chi connectivity index (χ2n) is 6.58. The summed E-state index contributed by atoms with van der Waals surface area (Å²) in [4.78, 5) is 51.0. The van der Waals surface area contributed by atoms with Crippen LogP contribution < -0.4 is 10.2 Å². The van der Waals surface area contributed by atoms with E-state index in [9.17, 15) is 19.2 Å². The van der Waals surface area contributed by atoms with Crippen molar-refractivity contribution in [1.82, 2.24) is 5.32 Å². The number of para-hydroxylation sites is 1. The van der Waals surface area contributed by atoms with E-state index < -0.39 is 29.2 Å². The maximum atomic E-state index is 12.8. The molecule has 1 aliphatic rings. The van der Waals surface area contributed by atoms with Gasteiger partial charge in [-0.1, -0.05) is 24.3 Å². The summed E-state index contributed by atoms with van der Waals surface area (Å²) in [6.45, 7) is 3.00. The molecule has 7 nitrogen and oxygen atoms in total. The maximum absolute atomic E-state index is 12.8. The number of carbonyl (C=O) groups excluding carboxylic acids is 4. The quantitative estimate of drug-likeness (QED) is 0.661. The number of rotatable bonds is 4. The molecule has 27 heavy (non-hydrogen) atoms. The van der Waals surface area contributed by atoms with Gasteiger partial charge in [0.1, 0.15) is 5.54 Å². The lowest BCUT2D eigenvalue weighted by Crippen LogP contribution is -2.50. The molecule has 0 aliphatic carbocycles. The van der Waals surface area contributed by atoms with Gasteiger partial charge in [0.25, 0.3) is 17.7 Å². The molecule has 1 heterocycles. The highest BCUT2D eigenvalue weighted by molar-refractivity contribution is 6.35. The Hall–Kier alpha value is -3.48. The van der Waals surface area contributed by atoms with E-state index in [1.807, 2.05) is 0 Å². The number of esters is 1. The molecule has 0 radical (unpaired) electrons. The lowest BCUT2D eigenvalue weighted by molar-refractivity contribution is -0.146. The van der Waals surface area contributed by atoms with Crippen LogP contribution in [0.15, 0.2) is 48.5 Å². The molecule has 2 aromatic carbocycles. The molecule has 1 aliphatic heterocycles. The summed E-state index contributed by atoms with van der Waals surface area (Å²) in [5.41, 5.74) is -0.452. The summed E-state index contributed by atoms with van der Waals surface area (Å²) in [6, 6.07) is 12.7. The summed E-state index contributed by atoms with van der Waals surface area (Å²) >= 11 is 0. The molecule has 0 saturated carbocycles. The molecule has 1 N–H and O–H groups in total. The number of carbonyl (C=O) groups is 4. The third-order valence-electron chi connectivity index (χ3n) is 4.31. The molecular weight excluding hydrogens is 348 g/mol. The molecule has 0 aromatic heterocycles. The average Bonchev–Trinajstić information content (AvgIpc) is 2.91. The van der Waals surface area contributed by atoms with Gasteiger partial charge in [0.2, 0.25) is 0 Å². The number of benzene rings is 2. The van der Waals surface area contributed by atoms with Crippen molar-refractivity contribution in [3.8, 4) is 0 Å². The van der Waals surface area contributed by atoms with E-state index in [0.29, 0.717) is 0 Å². The molecule has 0 fully saturated rings. The van der Waals surface area contributed by atoms with Crippen LogP contribution >= 0.6 is 0 Å². The zero-order valence-electron chi connectivity index (χ0n) is 15.1. The molecule has 0 unspecified atom stereocenters. The van der Waals surface area contributed by atoms with Crippen LogP contribution in [0.3, 0.4) is 0 Å². The zero-order valence-corrected chi connectivity index (χ0v) is 15.1. The number of amides is 3. The smallest absolute Gasteiger partial charge is 0.330 e. The van der Waals surface area contributed by atoms with Crippen molar-refractivity contribution >= 4 is 29.4 Å². The molecule has 0 atom stereocenters. The second kappa shape index (κ2) is 6.68. The van der Waals surface area contributed by atoms with E-state index in [1.165, 1.54) is 33.1 Å². The van der Waals surface area contributed by atoms with Gasteiger partial charge in [-0.25, -0.2) is 9.69 Å². The fraction of sp³-hybridized carbons (Fsp3) is 0.200. The Labute approximate surface area is 155 Å². The van der Waals surface area contributed by atoms with Gasteiger partial charge in [-0.2, -0.15) is 0 Å². The predicted molar refractivity (Wildman–Crippen MR) is 97.6 cm³/mol. The Bertz CT molecular complexity index is 929. The SMILES string of the molecule is COC(=O)C(C)(C)NC(=O)c1ccccc1N1C(=O)c2ccccc2C1=O. The lowest BCUT2D eigenvalue weighted by atomic mass is 10.0. The highest BCUT2D eigenvalue weighted by Gasteiger charge is 2.39. The third-order valence-corrected chi connectivity index (χ3v) is 4.31. The minimum atomic E-state index is -1.28. The largest absolute Gasteiger partial charge is 0.467 e. The third kappa shape index (κ3) is 3.08. The van der Waals surface area contributed by atoms with Gasteiger partial charge < -0.3 is 10.1 Å². The van der Waals surface area contributed by atoms with Crippen molar-refractivity contribution in [1.29, 1.82) is 0 Å². The van der Waals surface area contributed by atoms with Crippen molar-refractivity contribution in [3.63, 3.8) is 0 Å². The molecular formula is C20H18N2O5. The maximum Gasteiger partial charge on any atom is 0.330 e. The van der Waals surface area contributed by atoms with Crippen molar-refractivity contribution in [3.05, 3.63) is 65.2 Å². The molecule has 2 aromatic rings. The normalized spacial score (nSPS) is 13.4. The van der Waals surface area contributed by atoms with Gasteiger partial charge in [-0.05, 0) is 38.1 Å². The first-order chi connectivity index (χ1) is 12.8. The van der Waals surface area contributed by atoms with Crippen molar-refractivity contribution in [2.24, 2.45) is 0 Å². The summed E-state index contributed by atoms with van der Waals surface area (Å²) in [7, 11) is 1.23. The first-order valence-corrected chi connectivity index (χ1v) is 8.25. The number of hydrogen-bond donors (Lipinski definition) is 1. The number of anilines is 1. The Kier molecular flexibility index (Phi) is 4.53. The van der Waals surface area contributed by atoms with E-state index in [2.05, 4.69) is 10.1 Å². The summed E-state index contributed by atoms with van der Waals surface area (Å²) in [5.74, 6) is -2.21. The van der Waals surface area contributed by atoms with E-state index >= 15 is 0 Å². The number of ether oxygens (including phenoxy) is 1. The second-order valence-corrected chi connectivity index (χ2v) is 6.58. The molecule has 3 rings (SSSR count). The van der Waals surface area contributed by atoms with Crippen LogP contribution in [-0.4, -0.2) is 36.3 Å². The Morgan fingerprint density at radius 2 is 1.44 bits per heavy atom. The highest BCUT2D eigenvalue weighted by Crippen LogP contribution is 2.30. The minimum Gasteiger partial charge on any atom is -0.467 e. The van der Waals surface area contributed by atoms with Crippen LogP contribution in [0.25, 0.3) is 0 Å². The number of nitrogens with one attached hydrogen (secondary N) is 1. The average molecular weight is 366 g/mol. The summed E-state index contributed by atoms with van der Waals surface area (Å²) in [5, 5.41) is 2.58. The molecule has 138 valence electrons. The Balaban J connectivity index is 1.99. The number of hydrogen-bond acceptors (Lipinski definition) is 5. The number of methoxy groups -OCH3 is 1. The van der Waals surface area contributed by atoms with Crippen LogP contribution in [0.5, 0.6) is 0 Å². The monoisotopic (exact) mass is 366 g/mol. The lowest BCUT2D eigenvalue weighted by Gasteiger charge is -2.24. The van der Waals surface area contributed by atoms with Gasteiger partial charge in [0.15, 0.2) is 0 Å². The van der Waals surface area contributed by atoms with E-state index in [1.54, 1.807) is 36.4 Å². The van der Waals surface area contributed by atoms with Crippen molar-refractivity contribution in [2.45, 2.75) is 19.4 Å². The fourth-order valence-electron chi connectivity index (χ4n) is 2.93. The predicted octanol–water partition coefficient (Wildman–Crippen LogP) is 2.17. The molecule has 7 heteroatoms. The molecule has 3 amide bonds. The van der Waals surface area contributed by atoms with Gasteiger partial charge in [-0.3, -0.25) is 14.4 Å². The number of imide groups is 1. The zero-order chi connectivity index (χ0) is 19.8. The first-order valence-electron chi connectivity index (χ1n) is 8.25. The topological polar surface area (TPSA) is 92.8 Å². The van der Waals surface area contributed by atoms with Crippen LogP contribution in [0.2, 0.25) is 0 Å². The van der Waals surface area contributed by atoms with E-state index in [0.717, 1.165) is 4.90 Å². The van der Waals surface area contributed by atoms with Gasteiger partial charge in [0, 0.05) is 0 Å². The Morgan fingerprint density at radius 3 is 2.00 bits per heavy atom. The van der Waals surface area contributed by atoms with Crippen LogP contribution in [0, 0.1) is 0 Å². The summed E-state index contributed by atoms with van der Waals surface area (Å²) < 4.78 is 4.69. The molecule has 0 spiro atoms. The molecule has 0 bridgehead atoms. The Morgan fingerprint density at radius 1 is 0.926 bits per heavy atom. The highest BCUT2D eigenvalue weighted by atomic mass is 16.5. The van der Waals surface area contributed by atoms with Crippen molar-refractivity contribution < 1.29 is 23.9 Å². The minimum absolute atomic E-state index is 0.101. The van der Waals surface area contributed by atoms with Crippen molar-refractivity contribution in [2.75, 3.05) is 12.0 Å². The standard InChI is InChI=1S/C20H18N2O5/c1-20(2,19(26)27-3)21-16(23)14-10-6-7-11-15(14)22-17(24)12-8-4-5-9-13(12)18(22)25/h4-11H,1-3H3,(H,21,23). The van der Waals surface area contributed by atoms with Crippen LogP contribution in [0.1, 0.15) is 44.9 Å². The van der Waals surface area contributed by atoms with Gasteiger partial charge in [0.05, 0.1) is 29.5 Å². The first kappa shape index (κ1) is 18.3. The van der Waals surface area contributed by atoms with E-state index in [4.69, 9.17) is 0 Å². The van der Waals surface area contributed by atoms with Crippen LogP contribution in [0.4, 0.5) is 5.69 Å². The van der Waals surface area contributed by atoms with Gasteiger partial charge >= 0.3 is 5.97 Å². The number of fused-ring (bicyclic) bond motifs is 1. The number of nitrogens with zero attached hydrogens (tertiary/aromatic N) is 1. The summed E-state index contributed by atoms with van der Waals surface area (Å²) in [6.07, 6.45) is 0. The molecule has 0 saturated heterocycles. The van der Waals surface area contributed by atoms with Gasteiger partial charge in [-0.15, -0.1) is 0 Å². The van der Waals surface area contributed by atoms with Crippen LogP contribution in [-0.2, 0) is 9.53 Å².